The Morgan fingerprint density at radius 3 is 2.37 bits per heavy atom. The molecule has 100 valence electrons. The fraction of sp³-hybridized carbons (Fsp3) is 0.294. The second kappa shape index (κ2) is 6.76. The number of rotatable bonds is 5. The van der Waals surface area contributed by atoms with Crippen molar-refractivity contribution >= 4 is 15.9 Å². The van der Waals surface area contributed by atoms with E-state index in [0.717, 1.165) is 17.5 Å². The molecule has 1 nitrogen and oxygen atoms in total. The van der Waals surface area contributed by atoms with Crippen LogP contribution in [-0.2, 0) is 6.42 Å². The largest absolute Gasteiger partial charge is 0.496 e. The number of para-hydroxylation sites is 1. The number of halogens is 1. The zero-order chi connectivity index (χ0) is 13.7. The van der Waals surface area contributed by atoms with Gasteiger partial charge in [0, 0.05) is 5.33 Å². The molecule has 0 fully saturated rings. The smallest absolute Gasteiger partial charge is 0.122 e. The minimum atomic E-state index is 0.469. The summed E-state index contributed by atoms with van der Waals surface area (Å²) in [6.45, 7) is 2.12. The van der Waals surface area contributed by atoms with E-state index in [1.165, 1.54) is 16.7 Å². The topological polar surface area (TPSA) is 9.23 Å². The van der Waals surface area contributed by atoms with Gasteiger partial charge in [-0.15, -0.1) is 0 Å². The average Bonchev–Trinajstić information content (AvgIpc) is 2.46. The van der Waals surface area contributed by atoms with Crippen molar-refractivity contribution in [2.24, 2.45) is 0 Å². The molecule has 0 aromatic heterocycles. The summed E-state index contributed by atoms with van der Waals surface area (Å²) in [5, 5.41) is 0.952. The van der Waals surface area contributed by atoms with Gasteiger partial charge in [0.05, 0.1) is 7.11 Å². The molecule has 1 unspecified atom stereocenters. The second-order valence-electron chi connectivity index (χ2n) is 4.78. The zero-order valence-corrected chi connectivity index (χ0v) is 13.0. The first-order valence-corrected chi connectivity index (χ1v) is 7.61. The van der Waals surface area contributed by atoms with Crippen LogP contribution in [0.2, 0.25) is 0 Å². The van der Waals surface area contributed by atoms with Crippen LogP contribution in [0.1, 0.15) is 22.6 Å². The summed E-state index contributed by atoms with van der Waals surface area (Å²) < 4.78 is 5.43. The number of methoxy groups -OCH3 is 1. The van der Waals surface area contributed by atoms with E-state index in [0.29, 0.717) is 5.92 Å². The Morgan fingerprint density at radius 2 is 1.74 bits per heavy atom. The molecular formula is C17H19BrO. The molecule has 0 N–H and O–H groups in total. The Balaban J connectivity index is 2.21. The molecule has 0 aliphatic heterocycles. The molecule has 2 rings (SSSR count). The van der Waals surface area contributed by atoms with Gasteiger partial charge in [-0.2, -0.15) is 0 Å². The summed E-state index contributed by atoms with van der Waals surface area (Å²) in [7, 11) is 1.73. The third-order valence-corrected chi connectivity index (χ3v) is 4.18. The fourth-order valence-electron chi connectivity index (χ4n) is 2.24. The predicted molar refractivity (Wildman–Crippen MR) is 84.4 cm³/mol. The van der Waals surface area contributed by atoms with E-state index < -0.39 is 0 Å². The number of aryl methyl sites for hydroxylation is 1. The van der Waals surface area contributed by atoms with Crippen LogP contribution in [0.5, 0.6) is 5.75 Å². The monoisotopic (exact) mass is 318 g/mol. The van der Waals surface area contributed by atoms with Crippen molar-refractivity contribution in [2.45, 2.75) is 19.3 Å². The van der Waals surface area contributed by atoms with Gasteiger partial charge in [0.15, 0.2) is 0 Å². The molecule has 19 heavy (non-hydrogen) atoms. The van der Waals surface area contributed by atoms with E-state index in [4.69, 9.17) is 4.74 Å². The number of benzene rings is 2. The van der Waals surface area contributed by atoms with Crippen molar-refractivity contribution in [3.05, 3.63) is 65.2 Å². The van der Waals surface area contributed by atoms with Crippen molar-refractivity contribution in [3.8, 4) is 5.75 Å². The summed E-state index contributed by atoms with van der Waals surface area (Å²) in [6, 6.07) is 17.0. The van der Waals surface area contributed by atoms with Crippen LogP contribution in [-0.4, -0.2) is 12.4 Å². The van der Waals surface area contributed by atoms with E-state index in [9.17, 15) is 0 Å². The van der Waals surface area contributed by atoms with Gasteiger partial charge < -0.3 is 4.74 Å². The van der Waals surface area contributed by atoms with Gasteiger partial charge >= 0.3 is 0 Å². The molecule has 2 heteroatoms. The Labute approximate surface area is 123 Å². The molecule has 1 atom stereocenters. The lowest BCUT2D eigenvalue weighted by molar-refractivity contribution is 0.408. The maximum Gasteiger partial charge on any atom is 0.122 e. The molecule has 0 spiro atoms. The van der Waals surface area contributed by atoms with E-state index in [1.54, 1.807) is 7.11 Å². The maximum absolute atomic E-state index is 5.43. The molecular weight excluding hydrogens is 300 g/mol. The lowest BCUT2D eigenvalue weighted by Gasteiger charge is -2.17. The van der Waals surface area contributed by atoms with Crippen LogP contribution >= 0.6 is 15.9 Å². The molecule has 0 aliphatic carbocycles. The Bertz CT molecular complexity index is 519. The van der Waals surface area contributed by atoms with E-state index in [1.807, 2.05) is 12.1 Å². The molecule has 0 radical (unpaired) electrons. The number of hydrogen-bond donors (Lipinski definition) is 0. The zero-order valence-electron chi connectivity index (χ0n) is 11.4. The van der Waals surface area contributed by atoms with Crippen molar-refractivity contribution in [2.75, 3.05) is 12.4 Å². The summed E-state index contributed by atoms with van der Waals surface area (Å²) in [5.41, 5.74) is 3.93. The first kappa shape index (κ1) is 14.1. The van der Waals surface area contributed by atoms with Gasteiger partial charge in [0.1, 0.15) is 5.75 Å². The highest BCUT2D eigenvalue weighted by Gasteiger charge is 2.13. The van der Waals surface area contributed by atoms with Crippen LogP contribution < -0.4 is 4.74 Å². The normalized spacial score (nSPS) is 12.2. The minimum absolute atomic E-state index is 0.469. The predicted octanol–water partition coefficient (Wildman–Crippen LogP) is 4.72. The summed E-state index contributed by atoms with van der Waals surface area (Å²) in [4.78, 5) is 0. The molecule has 0 saturated heterocycles. The lowest BCUT2D eigenvalue weighted by Crippen LogP contribution is -2.05. The summed E-state index contributed by atoms with van der Waals surface area (Å²) in [6.07, 6.45) is 0.984. The van der Waals surface area contributed by atoms with Crippen molar-refractivity contribution in [1.29, 1.82) is 0 Å². The molecule has 0 heterocycles. The molecule has 0 bridgehead atoms. The van der Waals surface area contributed by atoms with Crippen LogP contribution in [0.25, 0.3) is 0 Å². The van der Waals surface area contributed by atoms with E-state index >= 15 is 0 Å². The first-order valence-electron chi connectivity index (χ1n) is 6.49. The minimum Gasteiger partial charge on any atom is -0.496 e. The summed E-state index contributed by atoms with van der Waals surface area (Å²) >= 11 is 3.63. The van der Waals surface area contributed by atoms with Crippen molar-refractivity contribution in [1.82, 2.24) is 0 Å². The highest BCUT2D eigenvalue weighted by molar-refractivity contribution is 9.09. The van der Waals surface area contributed by atoms with Crippen LogP contribution in [0, 0.1) is 6.92 Å². The van der Waals surface area contributed by atoms with Crippen LogP contribution in [0.3, 0.4) is 0 Å². The Kier molecular flexibility index (Phi) is 5.03. The van der Waals surface area contributed by atoms with Gasteiger partial charge in [-0.3, -0.25) is 0 Å². The molecule has 2 aromatic rings. The van der Waals surface area contributed by atoms with Gasteiger partial charge in [0.2, 0.25) is 0 Å². The van der Waals surface area contributed by atoms with Gasteiger partial charge in [-0.1, -0.05) is 64.0 Å². The third kappa shape index (κ3) is 3.60. The van der Waals surface area contributed by atoms with Crippen LogP contribution in [0.4, 0.5) is 0 Å². The number of ether oxygens (including phenoxy) is 1. The average molecular weight is 319 g/mol. The van der Waals surface area contributed by atoms with Crippen molar-refractivity contribution < 1.29 is 4.74 Å². The Morgan fingerprint density at radius 1 is 1.05 bits per heavy atom. The van der Waals surface area contributed by atoms with Crippen LogP contribution in [0.15, 0.2) is 48.5 Å². The van der Waals surface area contributed by atoms with E-state index in [2.05, 4.69) is 59.3 Å². The maximum atomic E-state index is 5.43. The Hall–Kier alpha value is -1.28. The van der Waals surface area contributed by atoms with Crippen molar-refractivity contribution in [3.63, 3.8) is 0 Å². The SMILES string of the molecule is COc1ccccc1CC(CBr)c1ccc(C)cc1. The summed E-state index contributed by atoms with van der Waals surface area (Å²) in [5.74, 6) is 1.44. The molecule has 0 amide bonds. The fourth-order valence-corrected chi connectivity index (χ4v) is 2.84. The second-order valence-corrected chi connectivity index (χ2v) is 5.43. The molecule has 2 aromatic carbocycles. The molecule has 0 aliphatic rings. The molecule has 0 saturated carbocycles. The number of alkyl halides is 1. The highest BCUT2D eigenvalue weighted by Crippen LogP contribution is 2.28. The van der Waals surface area contributed by atoms with Gasteiger partial charge in [0.25, 0.3) is 0 Å². The van der Waals surface area contributed by atoms with Gasteiger partial charge in [-0.25, -0.2) is 0 Å². The van der Waals surface area contributed by atoms with Gasteiger partial charge in [-0.05, 0) is 36.5 Å². The third-order valence-electron chi connectivity index (χ3n) is 3.39. The quantitative estimate of drug-likeness (QED) is 0.724. The lowest BCUT2D eigenvalue weighted by atomic mass is 9.93. The first-order chi connectivity index (χ1) is 9.24. The number of hydrogen-bond acceptors (Lipinski definition) is 1. The van der Waals surface area contributed by atoms with E-state index in [-0.39, 0.29) is 0 Å². The highest BCUT2D eigenvalue weighted by atomic mass is 79.9. The standard InChI is InChI=1S/C17H19BrO/c1-13-7-9-14(10-8-13)16(12-18)11-15-5-3-4-6-17(15)19-2/h3-10,16H,11-12H2,1-2H3.